The van der Waals surface area contributed by atoms with Gasteiger partial charge in [0.1, 0.15) is 0 Å². The zero-order valence-electron chi connectivity index (χ0n) is 12.4. The monoisotopic (exact) mass is 276 g/mol. The highest BCUT2D eigenvalue weighted by molar-refractivity contribution is 6.52. The molecule has 108 valence electrons. The largest absolute Gasteiger partial charge is 0.487 e. The van der Waals surface area contributed by atoms with Crippen molar-refractivity contribution in [3.63, 3.8) is 0 Å². The van der Waals surface area contributed by atoms with Crippen LogP contribution in [0.3, 0.4) is 0 Å². The molecule has 1 aromatic heterocycles. The smallest absolute Gasteiger partial charge is 0.400 e. The molecule has 0 saturated carbocycles. The van der Waals surface area contributed by atoms with Gasteiger partial charge in [0, 0.05) is 5.69 Å². The van der Waals surface area contributed by atoms with E-state index in [-0.39, 0.29) is 17.8 Å². The Hall–Kier alpha value is -1.37. The van der Waals surface area contributed by atoms with Gasteiger partial charge in [0.05, 0.1) is 29.2 Å². The van der Waals surface area contributed by atoms with E-state index in [1.54, 1.807) is 24.2 Å². The Balaban J connectivity index is 2.13. The third-order valence-electron chi connectivity index (χ3n) is 3.78. The normalized spacial score (nSPS) is 20.8. The first-order valence-electron chi connectivity index (χ1n) is 6.65. The molecule has 1 aromatic rings. The van der Waals surface area contributed by atoms with Crippen molar-refractivity contribution >= 4 is 18.9 Å². The second-order valence-electron chi connectivity index (χ2n) is 5.96. The van der Waals surface area contributed by atoms with Gasteiger partial charge in [-0.3, -0.25) is 4.98 Å². The van der Waals surface area contributed by atoms with Crippen molar-refractivity contribution < 1.29 is 14.4 Å². The SMILES string of the molecule is CC1(C)OB(/C=C/c2cc(N)cc(CO)n2)OC1(C)C. The van der Waals surface area contributed by atoms with Gasteiger partial charge in [0.25, 0.3) is 0 Å². The molecule has 0 atom stereocenters. The summed E-state index contributed by atoms with van der Waals surface area (Å²) in [5, 5.41) is 9.11. The van der Waals surface area contributed by atoms with Gasteiger partial charge in [-0.25, -0.2) is 0 Å². The van der Waals surface area contributed by atoms with E-state index >= 15 is 0 Å². The molecular formula is C14H21BN2O3. The van der Waals surface area contributed by atoms with Gasteiger partial charge in [0.15, 0.2) is 0 Å². The number of nitrogens with zero attached hydrogens (tertiary/aromatic N) is 1. The van der Waals surface area contributed by atoms with Gasteiger partial charge in [-0.1, -0.05) is 5.98 Å². The van der Waals surface area contributed by atoms with E-state index in [1.807, 2.05) is 27.7 Å². The summed E-state index contributed by atoms with van der Waals surface area (Å²) in [5.41, 5.74) is 6.82. The van der Waals surface area contributed by atoms with Crippen LogP contribution in [0.1, 0.15) is 39.1 Å². The second-order valence-corrected chi connectivity index (χ2v) is 5.96. The lowest BCUT2D eigenvalue weighted by Crippen LogP contribution is -2.41. The molecule has 0 radical (unpaired) electrons. The van der Waals surface area contributed by atoms with Crippen molar-refractivity contribution in [2.24, 2.45) is 0 Å². The molecule has 0 bridgehead atoms. The minimum absolute atomic E-state index is 0.137. The lowest BCUT2D eigenvalue weighted by atomic mass is 9.89. The van der Waals surface area contributed by atoms with Crippen LogP contribution in [0.25, 0.3) is 6.08 Å². The van der Waals surface area contributed by atoms with E-state index < -0.39 is 7.12 Å². The molecule has 1 saturated heterocycles. The van der Waals surface area contributed by atoms with E-state index in [9.17, 15) is 0 Å². The minimum Gasteiger partial charge on any atom is -0.400 e. The Morgan fingerprint density at radius 2 is 1.85 bits per heavy atom. The Bertz CT molecular complexity index is 513. The number of anilines is 1. The maximum atomic E-state index is 9.11. The van der Waals surface area contributed by atoms with E-state index in [1.165, 1.54) is 0 Å². The third-order valence-corrected chi connectivity index (χ3v) is 3.78. The maximum absolute atomic E-state index is 9.11. The molecule has 1 aliphatic rings. The summed E-state index contributed by atoms with van der Waals surface area (Å²) in [6.07, 6.45) is 1.79. The number of aromatic nitrogens is 1. The molecule has 0 aliphatic carbocycles. The highest BCUT2D eigenvalue weighted by Gasteiger charge is 2.49. The molecule has 0 amide bonds. The van der Waals surface area contributed by atoms with Crippen molar-refractivity contribution in [1.29, 1.82) is 0 Å². The molecule has 1 aliphatic heterocycles. The van der Waals surface area contributed by atoms with Crippen LogP contribution >= 0.6 is 0 Å². The fourth-order valence-corrected chi connectivity index (χ4v) is 1.95. The van der Waals surface area contributed by atoms with Gasteiger partial charge in [0.2, 0.25) is 0 Å². The summed E-state index contributed by atoms with van der Waals surface area (Å²) < 4.78 is 11.7. The van der Waals surface area contributed by atoms with Crippen molar-refractivity contribution in [3.05, 3.63) is 29.5 Å². The standard InChI is InChI=1S/C14H21BN2O3/c1-13(2)14(3,4)20-15(19-13)6-5-11-7-10(16)8-12(9-18)17-11/h5-8,18H,9H2,1-4H3,(H2,16,17)/b6-5+. The zero-order chi connectivity index (χ0) is 15.0. The Morgan fingerprint density at radius 3 is 2.40 bits per heavy atom. The van der Waals surface area contributed by atoms with E-state index in [2.05, 4.69) is 4.98 Å². The van der Waals surface area contributed by atoms with Crippen LogP contribution < -0.4 is 5.73 Å². The summed E-state index contributed by atoms with van der Waals surface area (Å²) in [5.74, 6) is 1.80. The fourth-order valence-electron chi connectivity index (χ4n) is 1.95. The van der Waals surface area contributed by atoms with Crippen LogP contribution in [0.15, 0.2) is 18.1 Å². The van der Waals surface area contributed by atoms with Gasteiger partial charge < -0.3 is 20.1 Å². The number of hydrogen-bond acceptors (Lipinski definition) is 5. The fraction of sp³-hybridized carbons (Fsp3) is 0.500. The first-order chi connectivity index (χ1) is 9.23. The van der Waals surface area contributed by atoms with Crippen molar-refractivity contribution in [2.75, 3.05) is 5.73 Å². The molecule has 20 heavy (non-hydrogen) atoms. The first kappa shape index (κ1) is 15.0. The van der Waals surface area contributed by atoms with E-state index in [0.29, 0.717) is 17.1 Å². The zero-order valence-corrected chi connectivity index (χ0v) is 12.4. The van der Waals surface area contributed by atoms with Gasteiger partial charge in [-0.15, -0.1) is 0 Å². The number of aliphatic hydroxyl groups is 1. The van der Waals surface area contributed by atoms with Gasteiger partial charge >= 0.3 is 7.12 Å². The summed E-state index contributed by atoms with van der Waals surface area (Å²) in [6, 6.07) is 3.38. The molecule has 3 N–H and O–H groups in total. The molecule has 5 nitrogen and oxygen atoms in total. The van der Waals surface area contributed by atoms with Crippen LogP contribution in [-0.2, 0) is 15.9 Å². The lowest BCUT2D eigenvalue weighted by Gasteiger charge is -2.32. The van der Waals surface area contributed by atoms with Crippen LogP contribution in [0, 0.1) is 0 Å². The van der Waals surface area contributed by atoms with E-state index in [0.717, 1.165) is 0 Å². The number of hydrogen-bond donors (Lipinski definition) is 2. The average molecular weight is 276 g/mol. The Morgan fingerprint density at radius 1 is 1.25 bits per heavy atom. The number of nitrogen functional groups attached to an aromatic ring is 1. The van der Waals surface area contributed by atoms with Crippen molar-refractivity contribution in [1.82, 2.24) is 4.98 Å². The van der Waals surface area contributed by atoms with E-state index in [4.69, 9.17) is 20.1 Å². The van der Waals surface area contributed by atoms with Crippen molar-refractivity contribution in [3.8, 4) is 0 Å². The molecule has 2 heterocycles. The number of pyridine rings is 1. The molecule has 0 aromatic carbocycles. The van der Waals surface area contributed by atoms with Crippen LogP contribution in [-0.4, -0.2) is 28.4 Å². The van der Waals surface area contributed by atoms with Gasteiger partial charge in [-0.05, 0) is 45.9 Å². The Labute approximate surface area is 119 Å². The topological polar surface area (TPSA) is 77.6 Å². The lowest BCUT2D eigenvalue weighted by molar-refractivity contribution is 0.00578. The first-order valence-corrected chi connectivity index (χ1v) is 6.65. The quantitative estimate of drug-likeness (QED) is 0.823. The predicted octanol–water partition coefficient (Wildman–Crippen LogP) is 1.80. The molecule has 0 spiro atoms. The summed E-state index contributed by atoms with van der Waals surface area (Å²) >= 11 is 0. The third kappa shape index (κ3) is 3.03. The molecule has 6 heteroatoms. The summed E-state index contributed by atoms with van der Waals surface area (Å²) in [7, 11) is -0.416. The predicted molar refractivity (Wildman–Crippen MR) is 79.7 cm³/mol. The number of nitrogens with two attached hydrogens (primary N) is 1. The maximum Gasteiger partial charge on any atom is 0.487 e. The molecular weight excluding hydrogens is 255 g/mol. The molecule has 0 unspecified atom stereocenters. The van der Waals surface area contributed by atoms with Gasteiger partial charge in [-0.2, -0.15) is 0 Å². The summed E-state index contributed by atoms with van der Waals surface area (Å²) in [4.78, 5) is 4.26. The van der Waals surface area contributed by atoms with Crippen molar-refractivity contribution in [2.45, 2.75) is 45.5 Å². The van der Waals surface area contributed by atoms with Crippen LogP contribution in [0.2, 0.25) is 0 Å². The molecule has 2 rings (SSSR count). The number of rotatable bonds is 3. The average Bonchev–Trinajstić information content (AvgIpc) is 2.54. The van der Waals surface area contributed by atoms with Crippen LogP contribution in [0.5, 0.6) is 0 Å². The number of aliphatic hydroxyl groups excluding tert-OH is 1. The Kier molecular flexibility index (Phi) is 3.91. The highest BCUT2D eigenvalue weighted by atomic mass is 16.7. The van der Waals surface area contributed by atoms with Crippen LogP contribution in [0.4, 0.5) is 5.69 Å². The minimum atomic E-state index is -0.416. The second kappa shape index (κ2) is 5.20. The molecule has 1 fully saturated rings. The summed E-state index contributed by atoms with van der Waals surface area (Å²) in [6.45, 7) is 7.88. The highest BCUT2D eigenvalue weighted by Crippen LogP contribution is 2.36.